The Balaban J connectivity index is 1.23. The van der Waals surface area contributed by atoms with Crippen LogP contribution in [0, 0.1) is 6.92 Å². The van der Waals surface area contributed by atoms with Gasteiger partial charge in [-0.3, -0.25) is 9.59 Å². The van der Waals surface area contributed by atoms with Gasteiger partial charge in [-0.15, -0.1) is 11.3 Å². The Morgan fingerprint density at radius 1 is 1.19 bits per heavy atom. The van der Waals surface area contributed by atoms with Crippen LogP contribution in [0.4, 0.5) is 0 Å². The predicted octanol–water partition coefficient (Wildman–Crippen LogP) is 3.36. The van der Waals surface area contributed by atoms with E-state index >= 15 is 0 Å². The minimum atomic E-state index is -0.227. The van der Waals surface area contributed by atoms with Gasteiger partial charge in [-0.05, 0) is 38.3 Å². The van der Waals surface area contributed by atoms with Crippen molar-refractivity contribution in [1.82, 2.24) is 15.6 Å². The van der Waals surface area contributed by atoms with E-state index in [1.807, 2.05) is 6.92 Å². The molecule has 3 fully saturated rings. The number of benzene rings is 1. The molecule has 27 heavy (non-hydrogen) atoms. The number of ether oxygens (including phenoxy) is 1. The van der Waals surface area contributed by atoms with E-state index in [4.69, 9.17) is 27.9 Å². The smallest absolute Gasteiger partial charge is 0.263 e. The maximum atomic E-state index is 12.3. The Hall–Kier alpha value is -1.83. The fourth-order valence-corrected chi connectivity index (χ4v) is 4.83. The number of halogens is 2. The van der Waals surface area contributed by atoms with Gasteiger partial charge in [0.25, 0.3) is 11.8 Å². The van der Waals surface area contributed by atoms with E-state index in [-0.39, 0.29) is 29.5 Å². The van der Waals surface area contributed by atoms with E-state index in [0.29, 0.717) is 20.7 Å². The fraction of sp³-hybridized carbons (Fsp3) is 0.389. The lowest BCUT2D eigenvalue weighted by molar-refractivity contribution is -0.141. The van der Waals surface area contributed by atoms with Gasteiger partial charge in [0, 0.05) is 17.1 Å². The molecule has 3 aliphatic rings. The zero-order valence-corrected chi connectivity index (χ0v) is 16.8. The molecule has 6 nitrogen and oxygen atoms in total. The molecule has 2 amide bonds. The highest BCUT2D eigenvalue weighted by Crippen LogP contribution is 2.60. The van der Waals surface area contributed by atoms with Crippen LogP contribution in [0.5, 0.6) is 5.75 Å². The van der Waals surface area contributed by atoms with Gasteiger partial charge < -0.3 is 15.4 Å². The molecule has 0 spiro atoms. The first-order valence-electron chi connectivity index (χ1n) is 8.42. The van der Waals surface area contributed by atoms with Crippen molar-refractivity contribution >= 4 is 46.4 Å². The third kappa shape index (κ3) is 3.63. The van der Waals surface area contributed by atoms with E-state index in [1.165, 1.54) is 11.3 Å². The van der Waals surface area contributed by atoms with Crippen LogP contribution in [0.2, 0.25) is 10.0 Å². The first kappa shape index (κ1) is 18.5. The molecule has 0 saturated heterocycles. The second-order valence-corrected chi connectivity index (χ2v) is 9.25. The number of amides is 2. The normalized spacial score (nSPS) is 25.1. The van der Waals surface area contributed by atoms with Crippen LogP contribution in [0.15, 0.2) is 24.4 Å². The van der Waals surface area contributed by atoms with Crippen molar-refractivity contribution in [3.63, 3.8) is 0 Å². The Kier molecular flexibility index (Phi) is 4.56. The number of hydrogen-bond donors (Lipinski definition) is 2. The molecule has 0 unspecified atom stereocenters. The summed E-state index contributed by atoms with van der Waals surface area (Å²) in [5.41, 5.74) is -0.429. The van der Waals surface area contributed by atoms with E-state index in [2.05, 4.69) is 15.6 Å². The standard InChI is InChI=1S/C18H17Cl2N3O3S/c1-10-21-5-14(27-10)16(25)23-18-7-17(8-18,9-18)22-15(24)6-26-11-2-3-12(19)13(20)4-11/h2-5H,6-9H2,1H3,(H,22,24)(H,23,25). The number of aryl methyl sites for hydroxylation is 1. The van der Waals surface area contributed by atoms with Gasteiger partial charge >= 0.3 is 0 Å². The second-order valence-electron chi connectivity index (χ2n) is 7.20. The van der Waals surface area contributed by atoms with Crippen LogP contribution in [-0.2, 0) is 4.79 Å². The summed E-state index contributed by atoms with van der Waals surface area (Å²) in [6.07, 6.45) is 3.81. The lowest BCUT2D eigenvalue weighted by atomic mass is 9.44. The SMILES string of the molecule is Cc1ncc(C(=O)NC23CC(NC(=O)COc4ccc(Cl)c(Cl)c4)(C2)C3)s1. The Bertz CT molecular complexity index is 911. The van der Waals surface area contributed by atoms with Crippen molar-refractivity contribution in [3.05, 3.63) is 44.3 Å². The van der Waals surface area contributed by atoms with E-state index < -0.39 is 0 Å². The zero-order chi connectivity index (χ0) is 19.2. The van der Waals surface area contributed by atoms with Crippen molar-refractivity contribution in [2.45, 2.75) is 37.3 Å². The summed E-state index contributed by atoms with van der Waals surface area (Å²) in [6, 6.07) is 4.85. The highest BCUT2D eigenvalue weighted by molar-refractivity contribution is 7.13. The molecule has 3 saturated carbocycles. The highest BCUT2D eigenvalue weighted by atomic mass is 35.5. The predicted molar refractivity (Wildman–Crippen MR) is 104 cm³/mol. The van der Waals surface area contributed by atoms with E-state index in [9.17, 15) is 9.59 Å². The number of rotatable bonds is 6. The van der Waals surface area contributed by atoms with Crippen LogP contribution in [-0.4, -0.2) is 34.5 Å². The number of thiazole rings is 1. The fourth-order valence-electron chi connectivity index (χ4n) is 3.87. The molecule has 5 rings (SSSR count). The summed E-state index contributed by atoms with van der Waals surface area (Å²) in [7, 11) is 0. The topological polar surface area (TPSA) is 80.3 Å². The van der Waals surface area contributed by atoms with Crippen LogP contribution < -0.4 is 15.4 Å². The molecular formula is C18H17Cl2N3O3S. The molecule has 0 radical (unpaired) electrons. The number of carbonyl (C=O) groups is 2. The quantitative estimate of drug-likeness (QED) is 0.743. The monoisotopic (exact) mass is 425 g/mol. The molecule has 2 aromatic rings. The summed E-state index contributed by atoms with van der Waals surface area (Å²) < 4.78 is 5.45. The summed E-state index contributed by atoms with van der Waals surface area (Å²) >= 11 is 13.2. The van der Waals surface area contributed by atoms with Gasteiger partial charge in [0.15, 0.2) is 6.61 Å². The third-order valence-electron chi connectivity index (χ3n) is 4.92. The molecule has 142 valence electrons. The maximum Gasteiger partial charge on any atom is 0.263 e. The van der Waals surface area contributed by atoms with Crippen molar-refractivity contribution in [1.29, 1.82) is 0 Å². The van der Waals surface area contributed by atoms with Crippen molar-refractivity contribution < 1.29 is 14.3 Å². The van der Waals surface area contributed by atoms with Crippen molar-refractivity contribution in [2.24, 2.45) is 0 Å². The van der Waals surface area contributed by atoms with E-state index in [0.717, 1.165) is 24.3 Å². The largest absolute Gasteiger partial charge is 0.484 e. The van der Waals surface area contributed by atoms with Gasteiger partial charge in [0.2, 0.25) is 0 Å². The molecule has 0 atom stereocenters. The van der Waals surface area contributed by atoms with Crippen molar-refractivity contribution in [3.8, 4) is 5.75 Å². The van der Waals surface area contributed by atoms with Crippen LogP contribution in [0.3, 0.4) is 0 Å². The average molecular weight is 426 g/mol. The van der Waals surface area contributed by atoms with Gasteiger partial charge in [-0.25, -0.2) is 4.98 Å². The summed E-state index contributed by atoms with van der Waals surface area (Å²) in [5, 5.41) is 7.77. The molecule has 1 aromatic carbocycles. The number of aromatic nitrogens is 1. The minimum absolute atomic E-state index is 0.0943. The Labute approximate surface area is 170 Å². The number of nitrogens with zero attached hydrogens (tertiary/aromatic N) is 1. The third-order valence-corrected chi connectivity index (χ3v) is 6.57. The summed E-state index contributed by atoms with van der Waals surface area (Å²) in [6.45, 7) is 1.77. The van der Waals surface area contributed by atoms with Crippen LogP contribution in [0.1, 0.15) is 33.9 Å². The number of hydrogen-bond acceptors (Lipinski definition) is 5. The second kappa shape index (κ2) is 6.65. The Morgan fingerprint density at radius 2 is 1.89 bits per heavy atom. The van der Waals surface area contributed by atoms with Gasteiger partial charge in [0.1, 0.15) is 10.6 Å². The van der Waals surface area contributed by atoms with Gasteiger partial charge in [0.05, 0.1) is 21.2 Å². The van der Waals surface area contributed by atoms with E-state index in [1.54, 1.807) is 24.4 Å². The molecule has 3 aliphatic carbocycles. The summed E-state index contributed by atoms with van der Waals surface area (Å²) in [4.78, 5) is 29.1. The average Bonchev–Trinajstić information content (AvgIpc) is 2.99. The van der Waals surface area contributed by atoms with Crippen molar-refractivity contribution in [2.75, 3.05) is 6.61 Å². The molecular weight excluding hydrogens is 409 g/mol. The molecule has 0 aliphatic heterocycles. The van der Waals surface area contributed by atoms with Crippen LogP contribution >= 0.6 is 34.5 Å². The Morgan fingerprint density at radius 3 is 2.52 bits per heavy atom. The maximum absolute atomic E-state index is 12.3. The molecule has 2 bridgehead atoms. The molecule has 9 heteroatoms. The number of carbonyl (C=O) groups excluding carboxylic acids is 2. The van der Waals surface area contributed by atoms with Gasteiger partial charge in [-0.1, -0.05) is 23.2 Å². The lowest BCUT2D eigenvalue weighted by Crippen LogP contribution is -2.84. The minimum Gasteiger partial charge on any atom is -0.484 e. The first-order chi connectivity index (χ1) is 12.8. The highest BCUT2D eigenvalue weighted by Gasteiger charge is 2.69. The summed E-state index contributed by atoms with van der Waals surface area (Å²) in [5.74, 6) is 0.197. The van der Waals surface area contributed by atoms with Gasteiger partial charge in [-0.2, -0.15) is 0 Å². The number of nitrogens with one attached hydrogen (secondary N) is 2. The first-order valence-corrected chi connectivity index (χ1v) is 9.99. The molecule has 1 aromatic heterocycles. The lowest BCUT2D eigenvalue weighted by Gasteiger charge is -2.70. The molecule has 1 heterocycles. The zero-order valence-electron chi connectivity index (χ0n) is 14.5. The molecule has 2 N–H and O–H groups in total. The van der Waals surface area contributed by atoms with Crippen LogP contribution in [0.25, 0.3) is 0 Å².